The molecule has 0 saturated heterocycles. The number of benzene rings is 2. The molecule has 1 amide bonds. The number of nitrogens with one attached hydrogen (secondary N) is 1. The Hall–Kier alpha value is -1.85. The molecule has 0 unspecified atom stereocenters. The first-order valence-corrected chi connectivity index (χ1v) is 8.25. The van der Waals surface area contributed by atoms with E-state index < -0.39 is 21.5 Å². The predicted molar refractivity (Wildman–Crippen MR) is 83.3 cm³/mol. The van der Waals surface area contributed by atoms with Gasteiger partial charge in [0.1, 0.15) is 5.75 Å². The number of rotatable bonds is 4. The van der Waals surface area contributed by atoms with E-state index in [1.807, 2.05) is 0 Å². The second-order valence-corrected chi connectivity index (χ2v) is 7.01. The lowest BCUT2D eigenvalue weighted by atomic mass is 10.2. The summed E-state index contributed by atoms with van der Waals surface area (Å²) < 4.78 is 24.2. The van der Waals surface area contributed by atoms with Gasteiger partial charge in [0.05, 0.1) is 4.90 Å². The Morgan fingerprint density at radius 3 is 2.48 bits per heavy atom. The van der Waals surface area contributed by atoms with Gasteiger partial charge in [0.2, 0.25) is 5.91 Å². The lowest BCUT2D eigenvalue weighted by molar-refractivity contribution is -0.113. The molecule has 0 radical (unpaired) electrons. The standard InChI is InChI=1S/C15H14ClNO3S/c1-11-7-8-12(16)9-14(11)17-15(18)10-21(19,20)13-5-3-2-4-6-13/h2-9H,10H2,1H3,(H,17,18). The summed E-state index contributed by atoms with van der Waals surface area (Å²) in [6.45, 7) is 1.80. The van der Waals surface area contributed by atoms with Crippen molar-refractivity contribution < 1.29 is 13.2 Å². The molecular weight excluding hydrogens is 310 g/mol. The van der Waals surface area contributed by atoms with E-state index in [1.165, 1.54) is 12.1 Å². The van der Waals surface area contributed by atoms with Gasteiger partial charge in [0.25, 0.3) is 0 Å². The molecule has 0 aliphatic rings. The minimum absolute atomic E-state index is 0.128. The maximum Gasteiger partial charge on any atom is 0.239 e. The van der Waals surface area contributed by atoms with Gasteiger partial charge in [0, 0.05) is 10.7 Å². The highest BCUT2D eigenvalue weighted by Gasteiger charge is 2.19. The van der Waals surface area contributed by atoms with Crippen LogP contribution in [0.4, 0.5) is 5.69 Å². The van der Waals surface area contributed by atoms with E-state index in [2.05, 4.69) is 5.32 Å². The maximum atomic E-state index is 12.1. The fourth-order valence-corrected chi connectivity index (χ4v) is 3.13. The molecule has 0 aromatic heterocycles. The van der Waals surface area contributed by atoms with Crippen LogP contribution in [0.25, 0.3) is 0 Å². The van der Waals surface area contributed by atoms with Crippen LogP contribution in [0.15, 0.2) is 53.4 Å². The number of sulfone groups is 1. The monoisotopic (exact) mass is 323 g/mol. The lowest BCUT2D eigenvalue weighted by Crippen LogP contribution is -2.23. The number of halogens is 1. The molecule has 2 aromatic carbocycles. The van der Waals surface area contributed by atoms with Crippen LogP contribution in [-0.2, 0) is 14.6 Å². The minimum Gasteiger partial charge on any atom is -0.325 e. The SMILES string of the molecule is Cc1ccc(Cl)cc1NC(=O)CS(=O)(=O)c1ccccc1. The van der Waals surface area contributed by atoms with Gasteiger partial charge in [-0.25, -0.2) is 8.42 Å². The Morgan fingerprint density at radius 1 is 1.14 bits per heavy atom. The average molecular weight is 324 g/mol. The summed E-state index contributed by atoms with van der Waals surface area (Å²) >= 11 is 5.86. The van der Waals surface area contributed by atoms with Crippen LogP contribution < -0.4 is 5.32 Å². The maximum absolute atomic E-state index is 12.1. The molecule has 0 saturated carbocycles. The van der Waals surface area contributed by atoms with Gasteiger partial charge in [-0.15, -0.1) is 0 Å². The summed E-state index contributed by atoms with van der Waals surface area (Å²) in [6, 6.07) is 12.9. The molecule has 0 heterocycles. The molecule has 0 aliphatic heterocycles. The number of carbonyl (C=O) groups excluding carboxylic acids is 1. The second-order valence-electron chi connectivity index (χ2n) is 4.58. The first-order chi connectivity index (χ1) is 9.88. The van der Waals surface area contributed by atoms with E-state index in [9.17, 15) is 13.2 Å². The third kappa shape index (κ3) is 4.06. The van der Waals surface area contributed by atoms with E-state index in [0.29, 0.717) is 10.7 Å². The van der Waals surface area contributed by atoms with Crippen molar-refractivity contribution in [3.8, 4) is 0 Å². The summed E-state index contributed by atoms with van der Waals surface area (Å²) in [6.07, 6.45) is 0. The zero-order valence-corrected chi connectivity index (χ0v) is 12.9. The van der Waals surface area contributed by atoms with Gasteiger partial charge in [-0.05, 0) is 36.8 Å². The molecule has 0 bridgehead atoms. The van der Waals surface area contributed by atoms with Gasteiger partial charge in [-0.3, -0.25) is 4.79 Å². The first-order valence-electron chi connectivity index (χ1n) is 6.22. The van der Waals surface area contributed by atoms with E-state index >= 15 is 0 Å². The molecule has 0 atom stereocenters. The van der Waals surface area contributed by atoms with Crippen molar-refractivity contribution in [3.05, 3.63) is 59.1 Å². The first kappa shape index (κ1) is 15.5. The van der Waals surface area contributed by atoms with E-state index in [-0.39, 0.29) is 4.90 Å². The van der Waals surface area contributed by atoms with Crippen LogP contribution >= 0.6 is 11.6 Å². The predicted octanol–water partition coefficient (Wildman–Crippen LogP) is 3.06. The lowest BCUT2D eigenvalue weighted by Gasteiger charge is -2.09. The third-order valence-electron chi connectivity index (χ3n) is 2.90. The highest BCUT2D eigenvalue weighted by Crippen LogP contribution is 2.20. The quantitative estimate of drug-likeness (QED) is 0.940. The van der Waals surface area contributed by atoms with Gasteiger partial charge in [0.15, 0.2) is 9.84 Å². The smallest absolute Gasteiger partial charge is 0.239 e. The molecule has 1 N–H and O–H groups in total. The second kappa shape index (κ2) is 6.28. The molecule has 2 rings (SSSR count). The Bertz CT molecular complexity index is 758. The van der Waals surface area contributed by atoms with Gasteiger partial charge in [-0.2, -0.15) is 0 Å². The zero-order valence-electron chi connectivity index (χ0n) is 11.3. The van der Waals surface area contributed by atoms with Crippen LogP contribution in [0, 0.1) is 6.92 Å². The highest BCUT2D eigenvalue weighted by atomic mass is 35.5. The number of hydrogen-bond donors (Lipinski definition) is 1. The average Bonchev–Trinajstić information content (AvgIpc) is 2.43. The van der Waals surface area contributed by atoms with Crippen LogP contribution in [0.5, 0.6) is 0 Å². The highest BCUT2D eigenvalue weighted by molar-refractivity contribution is 7.92. The third-order valence-corrected chi connectivity index (χ3v) is 4.76. The summed E-state index contributed by atoms with van der Waals surface area (Å²) in [5.41, 5.74) is 1.32. The molecule has 2 aromatic rings. The summed E-state index contributed by atoms with van der Waals surface area (Å²) in [7, 11) is -3.65. The van der Waals surface area contributed by atoms with Crippen LogP contribution in [0.3, 0.4) is 0 Å². The van der Waals surface area contributed by atoms with Gasteiger partial charge < -0.3 is 5.32 Å². The number of aryl methyl sites for hydroxylation is 1. The topological polar surface area (TPSA) is 63.2 Å². The molecule has 4 nitrogen and oxygen atoms in total. The van der Waals surface area contributed by atoms with Crippen molar-refractivity contribution in [1.82, 2.24) is 0 Å². The van der Waals surface area contributed by atoms with Crippen molar-refractivity contribution in [2.45, 2.75) is 11.8 Å². The van der Waals surface area contributed by atoms with E-state index in [4.69, 9.17) is 11.6 Å². The van der Waals surface area contributed by atoms with Crippen molar-refractivity contribution in [3.63, 3.8) is 0 Å². The van der Waals surface area contributed by atoms with Gasteiger partial charge >= 0.3 is 0 Å². The van der Waals surface area contributed by atoms with Crippen molar-refractivity contribution in [2.75, 3.05) is 11.1 Å². The normalized spacial score (nSPS) is 11.1. The van der Waals surface area contributed by atoms with Crippen LogP contribution in [0.2, 0.25) is 5.02 Å². The molecular formula is C15H14ClNO3S. The Labute approximate surface area is 128 Å². The summed E-state index contributed by atoms with van der Waals surface area (Å²) in [5, 5.41) is 3.05. The zero-order chi connectivity index (χ0) is 15.5. The molecule has 110 valence electrons. The van der Waals surface area contributed by atoms with Crippen LogP contribution in [-0.4, -0.2) is 20.1 Å². The molecule has 21 heavy (non-hydrogen) atoms. The Kier molecular flexibility index (Phi) is 4.65. The fourth-order valence-electron chi connectivity index (χ4n) is 1.80. The number of anilines is 1. The number of hydrogen-bond acceptors (Lipinski definition) is 3. The molecule has 6 heteroatoms. The van der Waals surface area contributed by atoms with Crippen LogP contribution in [0.1, 0.15) is 5.56 Å². The van der Waals surface area contributed by atoms with Crippen molar-refractivity contribution in [2.24, 2.45) is 0 Å². The molecule has 0 aliphatic carbocycles. The fraction of sp³-hybridized carbons (Fsp3) is 0.133. The summed E-state index contributed by atoms with van der Waals surface area (Å²) in [5.74, 6) is -1.20. The number of amides is 1. The van der Waals surface area contributed by atoms with E-state index in [1.54, 1.807) is 43.3 Å². The number of carbonyl (C=O) groups is 1. The largest absolute Gasteiger partial charge is 0.325 e. The van der Waals surface area contributed by atoms with Gasteiger partial charge in [-0.1, -0.05) is 35.9 Å². The Balaban J connectivity index is 2.14. The van der Waals surface area contributed by atoms with E-state index in [0.717, 1.165) is 5.56 Å². The Morgan fingerprint density at radius 2 is 1.81 bits per heavy atom. The molecule has 0 fully saturated rings. The van der Waals surface area contributed by atoms with Crippen molar-refractivity contribution >= 4 is 33.0 Å². The molecule has 0 spiro atoms. The van der Waals surface area contributed by atoms with Crippen molar-refractivity contribution in [1.29, 1.82) is 0 Å². The minimum atomic E-state index is -3.65. The summed E-state index contributed by atoms with van der Waals surface area (Å²) in [4.78, 5) is 12.1.